The highest BCUT2D eigenvalue weighted by Gasteiger charge is 2.28. The van der Waals surface area contributed by atoms with E-state index in [2.05, 4.69) is 5.32 Å². The standard InChI is InChI=1S/C22H17Cl2N3O6/c1-32-19-11-17(25)15(23)10-14(19)22(29)33-20(12-5-3-2-4-6-12)21(28)26-18-8-7-13(27(30)31)9-16(18)24/h2-11,20H,25H2,1H3,(H,26,28). The molecular weight excluding hydrogens is 473 g/mol. The summed E-state index contributed by atoms with van der Waals surface area (Å²) in [6, 6.07) is 14.5. The van der Waals surface area contributed by atoms with Gasteiger partial charge in [-0.15, -0.1) is 0 Å². The summed E-state index contributed by atoms with van der Waals surface area (Å²) in [7, 11) is 1.34. The van der Waals surface area contributed by atoms with Crippen LogP contribution in [0.25, 0.3) is 0 Å². The zero-order valence-corrected chi connectivity index (χ0v) is 18.6. The Morgan fingerprint density at radius 1 is 1.06 bits per heavy atom. The van der Waals surface area contributed by atoms with Crippen LogP contribution in [-0.2, 0) is 9.53 Å². The van der Waals surface area contributed by atoms with Gasteiger partial charge in [-0.3, -0.25) is 14.9 Å². The average Bonchev–Trinajstić information content (AvgIpc) is 2.80. The third-order valence-electron chi connectivity index (χ3n) is 4.53. The van der Waals surface area contributed by atoms with E-state index in [-0.39, 0.29) is 38.4 Å². The number of carbonyl (C=O) groups is 2. The van der Waals surface area contributed by atoms with Gasteiger partial charge in [0.05, 0.1) is 33.5 Å². The van der Waals surface area contributed by atoms with Crippen LogP contribution in [0.15, 0.2) is 60.7 Å². The second kappa shape index (κ2) is 10.2. The van der Waals surface area contributed by atoms with E-state index in [0.29, 0.717) is 5.56 Å². The summed E-state index contributed by atoms with van der Waals surface area (Å²) in [5, 5.41) is 13.5. The number of amides is 1. The lowest BCUT2D eigenvalue weighted by Crippen LogP contribution is -2.26. The van der Waals surface area contributed by atoms with E-state index in [1.54, 1.807) is 30.3 Å². The molecule has 11 heteroatoms. The number of nitrogen functional groups attached to an aromatic ring is 1. The number of ether oxygens (including phenoxy) is 2. The van der Waals surface area contributed by atoms with Crippen LogP contribution >= 0.6 is 23.2 Å². The smallest absolute Gasteiger partial charge is 0.343 e. The molecule has 33 heavy (non-hydrogen) atoms. The van der Waals surface area contributed by atoms with Gasteiger partial charge >= 0.3 is 5.97 Å². The van der Waals surface area contributed by atoms with Crippen LogP contribution in [0.2, 0.25) is 10.0 Å². The summed E-state index contributed by atoms with van der Waals surface area (Å²) in [5.74, 6) is -1.49. The van der Waals surface area contributed by atoms with Crippen molar-refractivity contribution in [1.29, 1.82) is 0 Å². The maximum atomic E-state index is 13.1. The molecule has 3 rings (SSSR count). The van der Waals surface area contributed by atoms with Gasteiger partial charge in [-0.05, 0) is 12.1 Å². The molecule has 0 fully saturated rings. The topological polar surface area (TPSA) is 134 Å². The van der Waals surface area contributed by atoms with E-state index in [1.807, 2.05) is 0 Å². The number of nitrogens with one attached hydrogen (secondary N) is 1. The minimum atomic E-state index is -1.38. The molecule has 0 heterocycles. The lowest BCUT2D eigenvalue weighted by molar-refractivity contribution is -0.384. The third-order valence-corrected chi connectivity index (χ3v) is 5.17. The summed E-state index contributed by atoms with van der Waals surface area (Å²) < 4.78 is 10.7. The van der Waals surface area contributed by atoms with Gasteiger partial charge in [0, 0.05) is 23.8 Å². The maximum absolute atomic E-state index is 13.1. The van der Waals surface area contributed by atoms with E-state index < -0.39 is 22.9 Å². The number of rotatable bonds is 7. The molecule has 9 nitrogen and oxygen atoms in total. The number of nitro groups is 1. The minimum absolute atomic E-state index is 0.0289. The summed E-state index contributed by atoms with van der Waals surface area (Å²) in [4.78, 5) is 36.3. The number of non-ortho nitro benzene ring substituents is 1. The Bertz CT molecular complexity index is 1220. The lowest BCUT2D eigenvalue weighted by atomic mass is 10.1. The van der Waals surface area contributed by atoms with Crippen LogP contribution in [0, 0.1) is 10.1 Å². The van der Waals surface area contributed by atoms with Crippen LogP contribution < -0.4 is 15.8 Å². The van der Waals surface area contributed by atoms with Crippen LogP contribution in [0.4, 0.5) is 17.1 Å². The highest BCUT2D eigenvalue weighted by atomic mass is 35.5. The molecule has 0 bridgehead atoms. The first-order valence-corrected chi connectivity index (χ1v) is 10.1. The van der Waals surface area contributed by atoms with Crippen LogP contribution in [0.1, 0.15) is 22.0 Å². The number of benzene rings is 3. The highest BCUT2D eigenvalue weighted by molar-refractivity contribution is 6.34. The van der Waals surface area contributed by atoms with Crippen molar-refractivity contribution in [1.82, 2.24) is 0 Å². The van der Waals surface area contributed by atoms with E-state index in [1.165, 1.54) is 31.4 Å². The molecule has 0 aliphatic rings. The predicted octanol–water partition coefficient (Wildman–Crippen LogP) is 5.03. The van der Waals surface area contributed by atoms with E-state index in [0.717, 1.165) is 6.07 Å². The summed E-state index contributed by atoms with van der Waals surface area (Å²) in [6.07, 6.45) is -1.38. The van der Waals surface area contributed by atoms with Gasteiger partial charge in [-0.25, -0.2) is 4.79 Å². The predicted molar refractivity (Wildman–Crippen MR) is 124 cm³/mol. The summed E-state index contributed by atoms with van der Waals surface area (Å²) >= 11 is 12.1. The molecule has 0 saturated carbocycles. The molecule has 170 valence electrons. The fraction of sp³-hybridized carbons (Fsp3) is 0.0909. The molecular formula is C22H17Cl2N3O6. The number of nitrogens with two attached hydrogens (primary N) is 1. The number of methoxy groups -OCH3 is 1. The van der Waals surface area contributed by atoms with Crippen molar-refractivity contribution in [3.63, 3.8) is 0 Å². The summed E-state index contributed by atoms with van der Waals surface area (Å²) in [5.41, 5.74) is 6.17. The third kappa shape index (κ3) is 5.51. The molecule has 0 saturated heterocycles. The molecule has 0 spiro atoms. The van der Waals surface area contributed by atoms with Crippen molar-refractivity contribution in [3.8, 4) is 5.75 Å². The summed E-state index contributed by atoms with van der Waals surface area (Å²) in [6.45, 7) is 0. The van der Waals surface area contributed by atoms with Crippen molar-refractivity contribution < 1.29 is 24.0 Å². The zero-order chi connectivity index (χ0) is 24.1. The van der Waals surface area contributed by atoms with Crippen molar-refractivity contribution in [2.24, 2.45) is 0 Å². The molecule has 1 atom stereocenters. The Morgan fingerprint density at radius 3 is 2.36 bits per heavy atom. The molecule has 0 radical (unpaired) electrons. The molecule has 0 aliphatic carbocycles. The van der Waals surface area contributed by atoms with E-state index in [4.69, 9.17) is 38.4 Å². The quantitative estimate of drug-likeness (QED) is 0.205. The fourth-order valence-electron chi connectivity index (χ4n) is 2.89. The number of hydrogen-bond donors (Lipinski definition) is 2. The van der Waals surface area contributed by atoms with Crippen LogP contribution in [-0.4, -0.2) is 23.9 Å². The molecule has 0 aromatic heterocycles. The van der Waals surface area contributed by atoms with Crippen LogP contribution in [0.5, 0.6) is 5.75 Å². The molecule has 0 aliphatic heterocycles. The Hall–Kier alpha value is -3.82. The van der Waals surface area contributed by atoms with Gasteiger partial charge in [0.1, 0.15) is 11.3 Å². The van der Waals surface area contributed by atoms with Crippen LogP contribution in [0.3, 0.4) is 0 Å². The van der Waals surface area contributed by atoms with Gasteiger partial charge in [-0.1, -0.05) is 53.5 Å². The second-order valence-electron chi connectivity index (χ2n) is 6.68. The first-order chi connectivity index (χ1) is 15.7. The van der Waals surface area contributed by atoms with Crippen molar-refractivity contribution in [2.75, 3.05) is 18.2 Å². The number of hydrogen-bond acceptors (Lipinski definition) is 7. The molecule has 1 unspecified atom stereocenters. The second-order valence-corrected chi connectivity index (χ2v) is 7.49. The van der Waals surface area contributed by atoms with E-state index >= 15 is 0 Å². The van der Waals surface area contributed by atoms with Gasteiger partial charge in [0.25, 0.3) is 11.6 Å². The number of esters is 1. The number of halogens is 2. The Kier molecular flexibility index (Phi) is 7.37. The average molecular weight is 490 g/mol. The van der Waals surface area contributed by atoms with Gasteiger partial charge in [0.2, 0.25) is 6.10 Å². The SMILES string of the molecule is COc1cc(N)c(Cl)cc1C(=O)OC(C(=O)Nc1ccc([N+](=O)[O-])cc1Cl)c1ccccc1. The number of anilines is 2. The molecule has 1 amide bonds. The minimum Gasteiger partial charge on any atom is -0.496 e. The van der Waals surface area contributed by atoms with Crippen molar-refractivity contribution in [2.45, 2.75) is 6.10 Å². The van der Waals surface area contributed by atoms with Crippen molar-refractivity contribution in [3.05, 3.63) is 92.0 Å². The first-order valence-electron chi connectivity index (χ1n) is 9.35. The maximum Gasteiger partial charge on any atom is 0.343 e. The number of nitrogens with zero attached hydrogens (tertiary/aromatic N) is 1. The van der Waals surface area contributed by atoms with Gasteiger partial charge in [-0.2, -0.15) is 0 Å². The Morgan fingerprint density at radius 2 is 1.76 bits per heavy atom. The molecule has 3 aromatic carbocycles. The van der Waals surface area contributed by atoms with E-state index in [9.17, 15) is 19.7 Å². The fourth-order valence-corrected chi connectivity index (χ4v) is 3.27. The zero-order valence-electron chi connectivity index (χ0n) is 17.1. The monoisotopic (exact) mass is 489 g/mol. The first kappa shape index (κ1) is 23.8. The lowest BCUT2D eigenvalue weighted by Gasteiger charge is -2.19. The van der Waals surface area contributed by atoms with Gasteiger partial charge < -0.3 is 20.5 Å². The molecule has 3 aromatic rings. The van der Waals surface area contributed by atoms with Gasteiger partial charge in [0.15, 0.2) is 0 Å². The Balaban J connectivity index is 1.92. The number of carbonyl (C=O) groups excluding carboxylic acids is 2. The Labute approximate surface area is 198 Å². The molecule has 3 N–H and O–H groups in total. The highest BCUT2D eigenvalue weighted by Crippen LogP contribution is 2.32. The normalized spacial score (nSPS) is 11.4. The van der Waals surface area contributed by atoms with Crippen molar-refractivity contribution >= 4 is 52.1 Å². The number of nitro benzene ring substituents is 1. The largest absolute Gasteiger partial charge is 0.496 e.